The molecule has 0 bridgehead atoms. The molecule has 3 rings (SSSR count). The van der Waals surface area contributed by atoms with E-state index >= 15 is 0 Å². The van der Waals surface area contributed by atoms with Crippen molar-refractivity contribution in [2.45, 2.75) is 33.5 Å². The third-order valence-electron chi connectivity index (χ3n) is 4.44. The van der Waals surface area contributed by atoms with E-state index < -0.39 is 6.61 Å². The van der Waals surface area contributed by atoms with Gasteiger partial charge in [0.1, 0.15) is 17.4 Å². The van der Waals surface area contributed by atoms with E-state index in [0.717, 1.165) is 22.8 Å². The van der Waals surface area contributed by atoms with Crippen LogP contribution in [0.4, 0.5) is 8.78 Å². The van der Waals surface area contributed by atoms with Crippen molar-refractivity contribution >= 4 is 29.9 Å². The van der Waals surface area contributed by atoms with Crippen LogP contribution in [0.15, 0.2) is 53.9 Å². The lowest BCUT2D eigenvalue weighted by Crippen LogP contribution is -2.36. The number of hydrogen-bond donors (Lipinski definition) is 2. The standard InChI is InChI=1S/C21H24F2N6O.HI/c1-14-4-6-18(30-20(22)23)17(10-14)13-28-21(24-3)27-12-16-5-7-19(26-11-16)29-9-8-25-15(29)2;/h4-11,20H,12-13H2,1-3H3,(H2,24,27,28);1H. The SMILES string of the molecule is CN=C(NCc1ccc(-n2ccnc2C)nc1)NCc1cc(C)ccc1OC(F)F.I. The second-order valence-corrected chi connectivity index (χ2v) is 6.64. The predicted octanol–water partition coefficient (Wildman–Crippen LogP) is 3.97. The monoisotopic (exact) mass is 542 g/mol. The zero-order chi connectivity index (χ0) is 21.5. The average molecular weight is 542 g/mol. The molecule has 2 heterocycles. The lowest BCUT2D eigenvalue weighted by atomic mass is 10.1. The number of alkyl halides is 2. The van der Waals surface area contributed by atoms with Crippen molar-refractivity contribution in [2.24, 2.45) is 4.99 Å². The summed E-state index contributed by atoms with van der Waals surface area (Å²) >= 11 is 0. The van der Waals surface area contributed by atoms with E-state index in [9.17, 15) is 8.78 Å². The van der Waals surface area contributed by atoms with E-state index in [-0.39, 0.29) is 29.7 Å². The second kappa shape index (κ2) is 11.6. The topological polar surface area (TPSA) is 76.4 Å². The minimum Gasteiger partial charge on any atom is -0.434 e. The maximum absolute atomic E-state index is 12.6. The van der Waals surface area contributed by atoms with Gasteiger partial charge in [-0.25, -0.2) is 9.97 Å². The number of aliphatic imine (C=N–C) groups is 1. The number of benzene rings is 1. The van der Waals surface area contributed by atoms with Crippen molar-refractivity contribution in [3.63, 3.8) is 0 Å². The van der Waals surface area contributed by atoms with Gasteiger partial charge in [0, 0.05) is 44.3 Å². The van der Waals surface area contributed by atoms with E-state index in [2.05, 4.69) is 30.3 Å². The Bertz CT molecular complexity index is 1010. The Morgan fingerprint density at radius 3 is 2.52 bits per heavy atom. The fourth-order valence-corrected chi connectivity index (χ4v) is 2.93. The number of aromatic nitrogens is 3. The van der Waals surface area contributed by atoms with Crippen molar-refractivity contribution in [1.82, 2.24) is 25.2 Å². The summed E-state index contributed by atoms with van der Waals surface area (Å²) < 4.78 is 31.7. The molecule has 3 aromatic rings. The van der Waals surface area contributed by atoms with Gasteiger partial charge < -0.3 is 15.4 Å². The van der Waals surface area contributed by atoms with E-state index in [1.807, 2.05) is 36.7 Å². The fourth-order valence-electron chi connectivity index (χ4n) is 2.93. The Balaban J connectivity index is 0.00000341. The molecule has 2 N–H and O–H groups in total. The first-order chi connectivity index (χ1) is 14.5. The van der Waals surface area contributed by atoms with Crippen LogP contribution in [0.3, 0.4) is 0 Å². The highest BCUT2D eigenvalue weighted by molar-refractivity contribution is 14.0. The van der Waals surface area contributed by atoms with Crippen LogP contribution in [0.5, 0.6) is 5.75 Å². The summed E-state index contributed by atoms with van der Waals surface area (Å²) in [6, 6.07) is 8.97. The molecular formula is C21H25F2IN6O. The molecule has 0 amide bonds. The zero-order valence-corrected chi connectivity index (χ0v) is 19.8. The predicted molar refractivity (Wildman–Crippen MR) is 126 cm³/mol. The summed E-state index contributed by atoms with van der Waals surface area (Å²) in [5.41, 5.74) is 2.55. The van der Waals surface area contributed by atoms with Crippen molar-refractivity contribution in [3.8, 4) is 11.6 Å². The number of ether oxygens (including phenoxy) is 1. The molecule has 166 valence electrons. The number of aryl methyl sites for hydroxylation is 2. The lowest BCUT2D eigenvalue weighted by Gasteiger charge is -2.15. The van der Waals surface area contributed by atoms with Crippen molar-refractivity contribution in [2.75, 3.05) is 7.05 Å². The first-order valence-corrected chi connectivity index (χ1v) is 9.40. The molecule has 0 aliphatic carbocycles. The van der Waals surface area contributed by atoms with Crippen molar-refractivity contribution in [3.05, 3.63) is 71.4 Å². The number of nitrogens with zero attached hydrogens (tertiary/aromatic N) is 4. The van der Waals surface area contributed by atoms with Crippen LogP contribution in [-0.2, 0) is 13.1 Å². The van der Waals surface area contributed by atoms with Crippen LogP contribution in [-0.4, -0.2) is 34.2 Å². The molecule has 0 radical (unpaired) electrons. The maximum Gasteiger partial charge on any atom is 0.387 e. The fraction of sp³-hybridized carbons (Fsp3) is 0.286. The van der Waals surface area contributed by atoms with Crippen molar-refractivity contribution < 1.29 is 13.5 Å². The van der Waals surface area contributed by atoms with Gasteiger partial charge in [0.25, 0.3) is 0 Å². The third kappa shape index (κ3) is 6.88. The lowest BCUT2D eigenvalue weighted by molar-refractivity contribution is -0.0504. The van der Waals surface area contributed by atoms with Crippen LogP contribution in [0.1, 0.15) is 22.5 Å². The number of imidazole rings is 1. The maximum atomic E-state index is 12.6. The van der Waals surface area contributed by atoms with Crippen LogP contribution >= 0.6 is 24.0 Å². The van der Waals surface area contributed by atoms with Gasteiger partial charge >= 0.3 is 6.61 Å². The number of guanidine groups is 1. The molecule has 31 heavy (non-hydrogen) atoms. The summed E-state index contributed by atoms with van der Waals surface area (Å²) in [4.78, 5) is 12.8. The van der Waals surface area contributed by atoms with E-state index in [1.165, 1.54) is 0 Å². The highest BCUT2D eigenvalue weighted by atomic mass is 127. The average Bonchev–Trinajstić information content (AvgIpc) is 3.16. The van der Waals surface area contributed by atoms with Crippen molar-refractivity contribution in [1.29, 1.82) is 0 Å². The number of hydrogen-bond acceptors (Lipinski definition) is 4. The Hall–Kier alpha value is -2.76. The zero-order valence-electron chi connectivity index (χ0n) is 17.5. The Morgan fingerprint density at radius 1 is 1.13 bits per heavy atom. The molecule has 10 heteroatoms. The first-order valence-electron chi connectivity index (χ1n) is 9.40. The van der Waals surface area contributed by atoms with Gasteiger partial charge in [-0.05, 0) is 31.5 Å². The normalized spacial score (nSPS) is 11.2. The van der Waals surface area contributed by atoms with E-state index in [1.54, 1.807) is 37.6 Å². The molecule has 7 nitrogen and oxygen atoms in total. The second-order valence-electron chi connectivity index (χ2n) is 6.64. The molecule has 0 fully saturated rings. The summed E-state index contributed by atoms with van der Waals surface area (Å²) in [5.74, 6) is 2.34. The number of halogens is 3. The molecule has 0 aliphatic rings. The third-order valence-corrected chi connectivity index (χ3v) is 4.44. The quantitative estimate of drug-likeness (QED) is 0.269. The minimum absolute atomic E-state index is 0. The number of nitrogens with one attached hydrogen (secondary N) is 2. The molecule has 0 saturated carbocycles. The Morgan fingerprint density at radius 2 is 1.90 bits per heavy atom. The van der Waals surface area contributed by atoms with Gasteiger partial charge in [-0.3, -0.25) is 9.56 Å². The molecule has 0 unspecified atom stereocenters. The minimum atomic E-state index is -2.87. The molecule has 2 aromatic heterocycles. The van der Waals surface area contributed by atoms with E-state index in [0.29, 0.717) is 24.6 Å². The molecule has 0 saturated heterocycles. The highest BCUT2D eigenvalue weighted by Gasteiger charge is 2.10. The Kier molecular flexibility index (Phi) is 9.16. The molecular weight excluding hydrogens is 517 g/mol. The van der Waals surface area contributed by atoms with Gasteiger partial charge in [0.2, 0.25) is 0 Å². The number of pyridine rings is 1. The number of rotatable bonds is 7. The van der Waals surface area contributed by atoms with Gasteiger partial charge in [-0.2, -0.15) is 8.78 Å². The van der Waals surface area contributed by atoms with Gasteiger partial charge in [-0.15, -0.1) is 24.0 Å². The van der Waals surface area contributed by atoms with Gasteiger partial charge in [0.05, 0.1) is 0 Å². The first kappa shape index (κ1) is 24.5. The van der Waals surface area contributed by atoms with Crippen LogP contribution in [0.25, 0.3) is 5.82 Å². The molecule has 0 spiro atoms. The van der Waals surface area contributed by atoms with Gasteiger partial charge in [-0.1, -0.05) is 23.8 Å². The van der Waals surface area contributed by atoms with E-state index in [4.69, 9.17) is 0 Å². The smallest absolute Gasteiger partial charge is 0.387 e. The molecule has 1 aromatic carbocycles. The Labute approximate surface area is 197 Å². The van der Waals surface area contributed by atoms with Crippen LogP contribution in [0.2, 0.25) is 0 Å². The highest BCUT2D eigenvalue weighted by Crippen LogP contribution is 2.22. The molecule has 0 aliphatic heterocycles. The summed E-state index contributed by atoms with van der Waals surface area (Å²) in [5, 5.41) is 6.31. The largest absolute Gasteiger partial charge is 0.434 e. The summed E-state index contributed by atoms with van der Waals surface area (Å²) in [7, 11) is 1.64. The summed E-state index contributed by atoms with van der Waals surface area (Å²) in [6.45, 7) is 1.74. The van der Waals surface area contributed by atoms with Gasteiger partial charge in [0.15, 0.2) is 5.96 Å². The molecule has 0 atom stereocenters. The van der Waals surface area contributed by atoms with Crippen LogP contribution < -0.4 is 15.4 Å². The van der Waals surface area contributed by atoms with Crippen LogP contribution in [0, 0.1) is 13.8 Å². The summed E-state index contributed by atoms with van der Waals surface area (Å²) in [6.07, 6.45) is 5.37.